The van der Waals surface area contributed by atoms with E-state index >= 15 is 0 Å². The van der Waals surface area contributed by atoms with Gasteiger partial charge < -0.3 is 14.2 Å². The first-order valence-electron chi connectivity index (χ1n) is 8.64. The number of hydrogen-bond acceptors (Lipinski definition) is 7. The number of carbonyl (C=O) groups excluding carboxylic acids is 2. The summed E-state index contributed by atoms with van der Waals surface area (Å²) in [6.45, 7) is 3.92. The Morgan fingerprint density at radius 2 is 2.12 bits per heavy atom. The predicted molar refractivity (Wildman–Crippen MR) is 95.6 cm³/mol. The molecule has 140 valence electrons. The van der Waals surface area contributed by atoms with Crippen molar-refractivity contribution < 1.29 is 18.4 Å². The minimum atomic E-state index is -0.449. The van der Waals surface area contributed by atoms with Crippen LogP contribution in [0.3, 0.4) is 0 Å². The Morgan fingerprint density at radius 3 is 2.85 bits per heavy atom. The van der Waals surface area contributed by atoms with E-state index < -0.39 is 11.9 Å². The van der Waals surface area contributed by atoms with Crippen LogP contribution in [-0.2, 0) is 4.79 Å². The molecule has 26 heavy (non-hydrogen) atoms. The molecule has 3 rings (SSSR count). The first-order valence-corrected chi connectivity index (χ1v) is 9.62. The van der Waals surface area contributed by atoms with Crippen LogP contribution >= 0.6 is 11.8 Å². The zero-order valence-electron chi connectivity index (χ0n) is 14.8. The number of rotatable bonds is 5. The maximum Gasteiger partial charge on any atom is 0.321 e. The molecule has 1 fully saturated rings. The molecule has 0 spiro atoms. The number of imide groups is 1. The number of thioether (sulfide) groups is 1. The summed E-state index contributed by atoms with van der Waals surface area (Å²) in [4.78, 5) is 23.9. The van der Waals surface area contributed by atoms with Gasteiger partial charge in [0.25, 0.3) is 11.1 Å². The van der Waals surface area contributed by atoms with E-state index in [4.69, 9.17) is 8.83 Å². The summed E-state index contributed by atoms with van der Waals surface area (Å²) in [5.41, 5.74) is 0.717. The minimum Gasteiger partial charge on any atom is -0.469 e. The van der Waals surface area contributed by atoms with E-state index in [1.165, 1.54) is 6.42 Å². The van der Waals surface area contributed by atoms with Gasteiger partial charge >= 0.3 is 6.03 Å². The number of nitrogens with one attached hydrogen (secondary N) is 2. The van der Waals surface area contributed by atoms with Crippen molar-refractivity contribution in [2.75, 3.05) is 5.75 Å². The maximum absolute atomic E-state index is 12.0. The lowest BCUT2D eigenvalue weighted by Crippen LogP contribution is -2.48. The third-order valence-corrected chi connectivity index (χ3v) is 5.32. The lowest BCUT2D eigenvalue weighted by atomic mass is 9.86. The molecule has 2 aromatic heterocycles. The van der Waals surface area contributed by atoms with Crippen LogP contribution in [0.5, 0.6) is 0 Å². The predicted octanol–water partition coefficient (Wildman–Crippen LogP) is 3.13. The number of urea groups is 1. The molecule has 1 aliphatic carbocycles. The smallest absolute Gasteiger partial charge is 0.321 e. The third-order valence-electron chi connectivity index (χ3n) is 4.50. The van der Waals surface area contributed by atoms with Gasteiger partial charge in [-0.1, -0.05) is 31.5 Å². The Labute approximate surface area is 155 Å². The summed E-state index contributed by atoms with van der Waals surface area (Å²) >= 11 is 1.08. The van der Waals surface area contributed by atoms with Crippen molar-refractivity contribution in [1.29, 1.82) is 0 Å². The summed E-state index contributed by atoms with van der Waals surface area (Å²) in [7, 11) is 0. The Morgan fingerprint density at radius 1 is 1.31 bits per heavy atom. The second-order valence-electron chi connectivity index (χ2n) is 6.44. The van der Waals surface area contributed by atoms with Crippen LogP contribution in [0, 0.1) is 12.8 Å². The molecule has 9 heteroatoms. The number of carbonyl (C=O) groups is 2. The number of hydrogen-bond donors (Lipinski definition) is 2. The number of amides is 3. The molecule has 1 aliphatic rings. The number of nitrogens with zero attached hydrogens (tertiary/aromatic N) is 2. The van der Waals surface area contributed by atoms with Gasteiger partial charge in [0.15, 0.2) is 0 Å². The Bertz CT molecular complexity index is 772. The lowest BCUT2D eigenvalue weighted by molar-refractivity contribution is -0.117. The van der Waals surface area contributed by atoms with Crippen molar-refractivity contribution in [2.24, 2.45) is 5.92 Å². The molecule has 0 bridgehead atoms. The van der Waals surface area contributed by atoms with Gasteiger partial charge in [-0.25, -0.2) is 4.79 Å². The summed E-state index contributed by atoms with van der Waals surface area (Å²) in [6.07, 6.45) is 5.90. The first kappa shape index (κ1) is 18.5. The zero-order valence-corrected chi connectivity index (χ0v) is 15.6. The van der Waals surface area contributed by atoms with Crippen molar-refractivity contribution >= 4 is 23.7 Å². The molecule has 1 saturated carbocycles. The van der Waals surface area contributed by atoms with Crippen LogP contribution in [0.15, 0.2) is 26.4 Å². The number of aryl methyl sites for hydroxylation is 1. The molecular weight excluding hydrogens is 356 g/mol. The molecule has 8 nitrogen and oxygen atoms in total. The summed E-state index contributed by atoms with van der Waals surface area (Å²) in [5.74, 6) is 1.05. The Kier molecular flexibility index (Phi) is 5.97. The van der Waals surface area contributed by atoms with Crippen LogP contribution < -0.4 is 10.6 Å². The fraction of sp³-hybridized carbons (Fsp3) is 0.529. The second kappa shape index (κ2) is 8.39. The molecule has 0 saturated heterocycles. The molecule has 0 aromatic carbocycles. The van der Waals surface area contributed by atoms with Crippen LogP contribution in [0.1, 0.15) is 38.4 Å². The highest BCUT2D eigenvalue weighted by Crippen LogP contribution is 2.26. The molecule has 0 unspecified atom stereocenters. The van der Waals surface area contributed by atoms with E-state index in [2.05, 4.69) is 27.8 Å². The normalized spacial score (nSPS) is 19.9. The van der Waals surface area contributed by atoms with Gasteiger partial charge in [0.05, 0.1) is 17.6 Å². The molecule has 2 atom stereocenters. The highest BCUT2D eigenvalue weighted by molar-refractivity contribution is 7.99. The van der Waals surface area contributed by atoms with Crippen molar-refractivity contribution in [2.45, 2.75) is 50.8 Å². The van der Waals surface area contributed by atoms with Gasteiger partial charge in [-0.2, -0.15) is 0 Å². The number of furan rings is 1. The summed E-state index contributed by atoms with van der Waals surface area (Å²) < 4.78 is 10.7. The Hall–Kier alpha value is -2.29. The zero-order chi connectivity index (χ0) is 18.5. The monoisotopic (exact) mass is 378 g/mol. The SMILES string of the molecule is Cc1occc1-c1nnc(SCC(=O)NC(=O)N[C@@H]2CCCC[C@@H]2C)o1. The topological polar surface area (TPSA) is 110 Å². The van der Waals surface area contributed by atoms with E-state index in [0.717, 1.165) is 36.6 Å². The van der Waals surface area contributed by atoms with Crippen molar-refractivity contribution in [3.8, 4) is 11.5 Å². The van der Waals surface area contributed by atoms with Crippen molar-refractivity contribution in [3.05, 3.63) is 18.1 Å². The van der Waals surface area contributed by atoms with E-state index in [-0.39, 0.29) is 17.0 Å². The van der Waals surface area contributed by atoms with Crippen LogP contribution in [0.2, 0.25) is 0 Å². The average molecular weight is 378 g/mol. The molecule has 2 heterocycles. The minimum absolute atomic E-state index is 0.0135. The van der Waals surface area contributed by atoms with E-state index in [1.807, 2.05) is 0 Å². The van der Waals surface area contributed by atoms with Crippen LogP contribution in [0.25, 0.3) is 11.5 Å². The highest BCUT2D eigenvalue weighted by Gasteiger charge is 2.23. The fourth-order valence-electron chi connectivity index (χ4n) is 3.01. The van der Waals surface area contributed by atoms with Gasteiger partial charge in [-0.15, -0.1) is 10.2 Å². The molecular formula is C17H22N4O4S. The lowest BCUT2D eigenvalue weighted by Gasteiger charge is -2.29. The van der Waals surface area contributed by atoms with Gasteiger partial charge in [0.2, 0.25) is 5.91 Å². The summed E-state index contributed by atoms with van der Waals surface area (Å²) in [6, 6.07) is 1.41. The molecule has 2 N–H and O–H groups in total. The van der Waals surface area contributed by atoms with Gasteiger partial charge in [-0.05, 0) is 31.7 Å². The van der Waals surface area contributed by atoms with Crippen molar-refractivity contribution in [1.82, 2.24) is 20.8 Å². The van der Waals surface area contributed by atoms with E-state index in [0.29, 0.717) is 17.6 Å². The van der Waals surface area contributed by atoms with Crippen molar-refractivity contribution in [3.63, 3.8) is 0 Å². The van der Waals surface area contributed by atoms with Crippen LogP contribution in [0.4, 0.5) is 4.79 Å². The molecule has 2 aromatic rings. The maximum atomic E-state index is 12.0. The largest absolute Gasteiger partial charge is 0.469 e. The average Bonchev–Trinajstić information content (AvgIpc) is 3.23. The molecule has 3 amide bonds. The fourth-order valence-corrected chi connectivity index (χ4v) is 3.57. The quantitative estimate of drug-likeness (QED) is 0.769. The van der Waals surface area contributed by atoms with E-state index in [9.17, 15) is 9.59 Å². The highest BCUT2D eigenvalue weighted by atomic mass is 32.2. The van der Waals surface area contributed by atoms with Gasteiger partial charge in [0, 0.05) is 6.04 Å². The first-order chi connectivity index (χ1) is 12.5. The van der Waals surface area contributed by atoms with E-state index in [1.54, 1.807) is 19.3 Å². The molecule has 0 radical (unpaired) electrons. The van der Waals surface area contributed by atoms with Gasteiger partial charge in [-0.3, -0.25) is 10.1 Å². The van der Waals surface area contributed by atoms with Crippen LogP contribution in [-0.4, -0.2) is 33.9 Å². The third kappa shape index (κ3) is 4.66. The Balaban J connectivity index is 1.45. The standard InChI is InChI=1S/C17H22N4O4S/c1-10-5-3-4-6-13(10)18-16(23)19-14(22)9-26-17-21-20-15(25-17)12-7-8-24-11(12)2/h7-8,10,13H,3-6,9H2,1-2H3,(H2,18,19,22,23)/t10-,13+/m0/s1. The van der Waals surface area contributed by atoms with Gasteiger partial charge in [0.1, 0.15) is 5.76 Å². The second-order valence-corrected chi connectivity index (χ2v) is 7.37. The summed E-state index contributed by atoms with van der Waals surface area (Å²) in [5, 5.41) is 13.3. The molecule has 0 aliphatic heterocycles. The number of aromatic nitrogens is 2.